The average Bonchev–Trinajstić information content (AvgIpc) is 1.96. The maximum absolute atomic E-state index is 11.0. The summed E-state index contributed by atoms with van der Waals surface area (Å²) in [5.74, 6) is 0. The summed E-state index contributed by atoms with van der Waals surface area (Å²) in [7, 11) is 0. The van der Waals surface area contributed by atoms with Crippen LogP contribution in [0.15, 0.2) is 15.7 Å². The lowest BCUT2D eigenvalue weighted by molar-refractivity contribution is 1.03. The molecule has 1 aromatic heterocycles. The Kier molecular flexibility index (Phi) is 2.50. The zero-order valence-electron chi connectivity index (χ0n) is 6.35. The monoisotopic (exact) mass is 186 g/mol. The second-order valence-electron chi connectivity index (χ2n) is 2.14. The molecule has 0 aliphatic carbocycles. The molecule has 0 unspecified atom stereocenters. The Bertz CT molecular complexity index is 416. The van der Waals surface area contributed by atoms with Crippen LogP contribution in [0, 0.1) is 0 Å². The maximum atomic E-state index is 11.0. The molecule has 0 spiro atoms. The Labute approximate surface area is 72.9 Å². The van der Waals surface area contributed by atoms with Crippen LogP contribution < -0.4 is 11.2 Å². The molecule has 0 aromatic carbocycles. The van der Waals surface area contributed by atoms with E-state index >= 15 is 0 Å². The highest BCUT2D eigenvalue weighted by Crippen LogP contribution is 2.06. The third kappa shape index (κ3) is 1.65. The summed E-state index contributed by atoms with van der Waals surface area (Å²) in [6.45, 7) is 1.75. The van der Waals surface area contributed by atoms with Crippen LogP contribution >= 0.6 is 11.6 Å². The van der Waals surface area contributed by atoms with Gasteiger partial charge in [0, 0.05) is 0 Å². The van der Waals surface area contributed by atoms with Gasteiger partial charge in [-0.3, -0.25) is 14.8 Å². The molecule has 0 fully saturated rings. The van der Waals surface area contributed by atoms with Crippen molar-refractivity contribution in [3.8, 4) is 0 Å². The van der Waals surface area contributed by atoms with Crippen molar-refractivity contribution >= 4 is 17.7 Å². The maximum Gasteiger partial charge on any atom is 0.326 e. The van der Waals surface area contributed by atoms with Crippen LogP contribution in [-0.4, -0.2) is 9.97 Å². The lowest BCUT2D eigenvalue weighted by Crippen LogP contribution is -2.24. The largest absolute Gasteiger partial charge is 0.326 e. The minimum absolute atomic E-state index is 0.0573. The van der Waals surface area contributed by atoms with E-state index in [9.17, 15) is 9.59 Å². The van der Waals surface area contributed by atoms with E-state index in [1.807, 2.05) is 0 Å². The van der Waals surface area contributed by atoms with Crippen LogP contribution in [0.2, 0.25) is 5.15 Å². The van der Waals surface area contributed by atoms with Gasteiger partial charge in [0.15, 0.2) is 0 Å². The molecule has 0 radical (unpaired) electrons. The molecule has 0 atom stereocenters. The number of aromatic nitrogens is 2. The van der Waals surface area contributed by atoms with Crippen LogP contribution in [0.3, 0.4) is 0 Å². The fraction of sp³-hybridized carbons (Fsp3) is 0.143. The van der Waals surface area contributed by atoms with Crippen molar-refractivity contribution in [2.45, 2.75) is 6.92 Å². The number of rotatable bonds is 1. The van der Waals surface area contributed by atoms with Gasteiger partial charge in [0.1, 0.15) is 5.15 Å². The molecule has 0 saturated heterocycles. The van der Waals surface area contributed by atoms with Crippen molar-refractivity contribution in [3.63, 3.8) is 0 Å². The molecule has 64 valence electrons. The van der Waals surface area contributed by atoms with Gasteiger partial charge in [-0.25, -0.2) is 4.79 Å². The number of nitrogens with one attached hydrogen (secondary N) is 2. The van der Waals surface area contributed by atoms with Gasteiger partial charge in [-0.2, -0.15) is 0 Å². The molecular weight excluding hydrogens is 180 g/mol. The van der Waals surface area contributed by atoms with E-state index in [0.29, 0.717) is 0 Å². The second-order valence-corrected chi connectivity index (χ2v) is 2.51. The summed E-state index contributed by atoms with van der Waals surface area (Å²) < 4.78 is 0. The zero-order chi connectivity index (χ0) is 9.14. The summed E-state index contributed by atoms with van der Waals surface area (Å²) >= 11 is 5.59. The standard InChI is InChI=1S/C7H7ClN2O2/c1-2-3-4-5(8)9-7(12)10-6(4)11/h2-3H,1H3,(H2,9,10,11,12)/b3-2+. The van der Waals surface area contributed by atoms with Gasteiger partial charge in [0.25, 0.3) is 5.56 Å². The highest BCUT2D eigenvalue weighted by atomic mass is 35.5. The van der Waals surface area contributed by atoms with Crippen molar-refractivity contribution in [1.29, 1.82) is 0 Å². The Balaban J connectivity index is 3.49. The van der Waals surface area contributed by atoms with Crippen LogP contribution in [-0.2, 0) is 0 Å². The third-order valence-corrected chi connectivity index (χ3v) is 1.56. The van der Waals surface area contributed by atoms with E-state index in [1.54, 1.807) is 13.0 Å². The van der Waals surface area contributed by atoms with Crippen molar-refractivity contribution < 1.29 is 0 Å². The number of aromatic amines is 2. The number of allylic oxidation sites excluding steroid dienone is 1. The molecule has 4 nitrogen and oxygen atoms in total. The summed E-state index contributed by atoms with van der Waals surface area (Å²) in [6, 6.07) is 0. The molecule has 5 heteroatoms. The van der Waals surface area contributed by atoms with E-state index in [0.717, 1.165) is 0 Å². The van der Waals surface area contributed by atoms with Crippen molar-refractivity contribution in [2.75, 3.05) is 0 Å². The topological polar surface area (TPSA) is 65.7 Å². The van der Waals surface area contributed by atoms with Gasteiger partial charge in [-0.15, -0.1) is 0 Å². The number of H-pyrrole nitrogens is 2. The predicted octanol–water partition coefficient (Wildman–Crippen LogP) is 0.750. The van der Waals surface area contributed by atoms with Gasteiger partial charge in [0.2, 0.25) is 0 Å². The highest BCUT2D eigenvalue weighted by molar-refractivity contribution is 6.30. The number of hydrogen-bond donors (Lipinski definition) is 2. The van der Waals surface area contributed by atoms with Crippen LogP contribution in [0.1, 0.15) is 12.5 Å². The van der Waals surface area contributed by atoms with Crippen molar-refractivity contribution in [2.24, 2.45) is 0 Å². The first-order chi connectivity index (χ1) is 5.65. The van der Waals surface area contributed by atoms with E-state index in [2.05, 4.69) is 9.97 Å². The summed E-state index contributed by atoms with van der Waals surface area (Å²) in [5, 5.41) is 0.0573. The molecule has 1 heterocycles. The van der Waals surface area contributed by atoms with Gasteiger partial charge in [-0.05, 0) is 6.92 Å². The van der Waals surface area contributed by atoms with Crippen LogP contribution in [0.25, 0.3) is 6.08 Å². The van der Waals surface area contributed by atoms with Gasteiger partial charge in [0.05, 0.1) is 5.56 Å². The lowest BCUT2D eigenvalue weighted by Gasteiger charge is -1.93. The van der Waals surface area contributed by atoms with Gasteiger partial charge in [-0.1, -0.05) is 23.8 Å². The Morgan fingerprint density at radius 2 is 2.00 bits per heavy atom. The molecule has 0 amide bonds. The fourth-order valence-electron chi connectivity index (χ4n) is 0.784. The summed E-state index contributed by atoms with van der Waals surface area (Å²) in [5.41, 5.74) is -0.820. The quantitative estimate of drug-likeness (QED) is 0.636. The molecule has 0 bridgehead atoms. The molecule has 0 aliphatic rings. The van der Waals surface area contributed by atoms with Crippen LogP contribution in [0.4, 0.5) is 0 Å². The van der Waals surface area contributed by atoms with E-state index in [4.69, 9.17) is 11.6 Å². The Morgan fingerprint density at radius 1 is 1.33 bits per heavy atom. The zero-order valence-corrected chi connectivity index (χ0v) is 7.11. The first-order valence-corrected chi connectivity index (χ1v) is 3.67. The van der Waals surface area contributed by atoms with Crippen molar-refractivity contribution in [3.05, 3.63) is 37.6 Å². The first-order valence-electron chi connectivity index (χ1n) is 3.30. The molecular formula is C7H7ClN2O2. The van der Waals surface area contributed by atoms with Gasteiger partial charge >= 0.3 is 5.69 Å². The molecule has 2 N–H and O–H groups in total. The molecule has 0 saturated carbocycles. The number of halogens is 1. The Morgan fingerprint density at radius 3 is 2.50 bits per heavy atom. The molecule has 12 heavy (non-hydrogen) atoms. The fourth-order valence-corrected chi connectivity index (χ4v) is 1.02. The number of hydrogen-bond acceptors (Lipinski definition) is 2. The predicted molar refractivity (Wildman–Crippen MR) is 47.4 cm³/mol. The SMILES string of the molecule is C/C=C/c1c(Cl)[nH]c(=O)[nH]c1=O. The first kappa shape index (κ1) is 8.80. The molecule has 1 aromatic rings. The highest BCUT2D eigenvalue weighted by Gasteiger charge is 2.01. The van der Waals surface area contributed by atoms with E-state index in [-0.39, 0.29) is 10.7 Å². The van der Waals surface area contributed by atoms with E-state index in [1.165, 1.54) is 6.08 Å². The average molecular weight is 187 g/mol. The smallest absolute Gasteiger partial charge is 0.297 e. The van der Waals surface area contributed by atoms with Crippen LogP contribution in [0.5, 0.6) is 0 Å². The molecule has 1 rings (SSSR count). The summed E-state index contributed by atoms with van der Waals surface area (Å²) in [4.78, 5) is 26.0. The van der Waals surface area contributed by atoms with Gasteiger partial charge < -0.3 is 0 Å². The Hall–Kier alpha value is -1.29. The molecule has 0 aliphatic heterocycles. The van der Waals surface area contributed by atoms with Crippen molar-refractivity contribution in [1.82, 2.24) is 9.97 Å². The van der Waals surface area contributed by atoms with E-state index < -0.39 is 11.2 Å². The lowest BCUT2D eigenvalue weighted by atomic mass is 10.3. The minimum atomic E-state index is -0.599. The minimum Gasteiger partial charge on any atom is -0.297 e. The normalized spacial score (nSPS) is 10.8. The summed E-state index contributed by atoms with van der Waals surface area (Å²) in [6.07, 6.45) is 3.19. The third-order valence-electron chi connectivity index (χ3n) is 1.26. The second kappa shape index (κ2) is 3.40.